The fraction of sp³-hybridized carbons (Fsp3) is 0.375. The number of aromatic nitrogens is 1. The molecule has 0 aliphatic heterocycles. The van der Waals surface area contributed by atoms with Gasteiger partial charge in [0, 0.05) is 15.5 Å². The van der Waals surface area contributed by atoms with Crippen LogP contribution < -0.4 is 0 Å². The highest BCUT2D eigenvalue weighted by Gasteiger charge is 2.23. The highest BCUT2D eigenvalue weighted by atomic mass is 127. The molecule has 0 bridgehead atoms. The van der Waals surface area contributed by atoms with E-state index in [1.54, 1.807) is 6.07 Å². The van der Waals surface area contributed by atoms with Crippen molar-refractivity contribution in [2.45, 2.75) is 12.2 Å². The van der Waals surface area contributed by atoms with Crippen LogP contribution in [0, 0.1) is 9.52 Å². The summed E-state index contributed by atoms with van der Waals surface area (Å²) < 4.78 is 13.7. The van der Waals surface area contributed by atoms with E-state index in [4.69, 9.17) is 0 Å². The van der Waals surface area contributed by atoms with E-state index in [1.165, 1.54) is 6.20 Å². The zero-order valence-electron chi connectivity index (χ0n) is 7.06. The van der Waals surface area contributed by atoms with Gasteiger partial charge in [-0.15, -0.1) is 0 Å². The first kappa shape index (κ1) is 12.2. The van der Waals surface area contributed by atoms with Crippen molar-refractivity contribution in [1.82, 2.24) is 4.98 Å². The van der Waals surface area contributed by atoms with Crippen molar-refractivity contribution in [3.63, 3.8) is 0 Å². The molecule has 2 atom stereocenters. The van der Waals surface area contributed by atoms with E-state index in [-0.39, 0.29) is 11.3 Å². The number of aliphatic hydroxyl groups is 2. The lowest BCUT2D eigenvalue weighted by Gasteiger charge is -2.17. The molecule has 3 nitrogen and oxygen atoms in total. The summed E-state index contributed by atoms with van der Waals surface area (Å²) in [6.45, 7) is 0. The molecule has 2 N–H and O–H groups in total. The summed E-state index contributed by atoms with van der Waals surface area (Å²) in [5, 5.41) is 18.9. The van der Waals surface area contributed by atoms with Gasteiger partial charge >= 0.3 is 0 Å². The number of nitrogens with zero attached hydrogens (tertiary/aromatic N) is 1. The van der Waals surface area contributed by atoms with Gasteiger partial charge in [0.1, 0.15) is 6.10 Å². The molecule has 0 radical (unpaired) electrons. The Kier molecular flexibility index (Phi) is 4.55. The number of rotatable bonds is 3. The van der Waals surface area contributed by atoms with Gasteiger partial charge in [0.05, 0.1) is 11.7 Å². The molecular weight excluding hydrogens is 320 g/mol. The molecule has 1 heterocycles. The smallest absolute Gasteiger partial charge is 0.219 e. The molecule has 0 saturated heterocycles. The predicted octanol–water partition coefficient (Wildman–Crippen LogP) is 1.15. The van der Waals surface area contributed by atoms with Crippen LogP contribution in [0.1, 0.15) is 11.7 Å². The van der Waals surface area contributed by atoms with Crippen LogP contribution in [0.4, 0.5) is 4.39 Å². The van der Waals surface area contributed by atoms with Crippen LogP contribution in [0.2, 0.25) is 0 Å². The molecule has 0 aliphatic rings. The largest absolute Gasteiger partial charge is 0.389 e. The molecule has 1 aromatic rings. The Hall–Kier alpha value is 0.0800. The fourth-order valence-electron chi connectivity index (χ4n) is 0.982. The minimum atomic E-state index is -1.28. The maximum atomic E-state index is 13.2. The van der Waals surface area contributed by atoms with Crippen LogP contribution in [0.5, 0.6) is 0 Å². The number of pyridine rings is 1. The van der Waals surface area contributed by atoms with Crippen molar-refractivity contribution in [2.24, 2.45) is 0 Å². The Morgan fingerprint density at radius 3 is 2.71 bits per heavy atom. The Morgan fingerprint density at radius 1 is 1.57 bits per heavy atom. The molecule has 14 heavy (non-hydrogen) atoms. The van der Waals surface area contributed by atoms with Crippen molar-refractivity contribution in [3.8, 4) is 0 Å². The second kappa shape index (κ2) is 5.24. The number of halogens is 2. The average molecular weight is 329 g/mol. The fourth-order valence-corrected chi connectivity index (χ4v) is 1.88. The standard InChI is InChI=1S/C8H9FINO2S/c9-8-6(4(10)1-2-11-8)7(13)5(12)3-14/h1-2,5,7,12-14H,3H2. The first-order valence-corrected chi connectivity index (χ1v) is 5.56. The third-order valence-corrected chi connectivity index (χ3v) is 3.05. The summed E-state index contributed by atoms with van der Waals surface area (Å²) in [7, 11) is 0. The first-order chi connectivity index (χ1) is 6.57. The number of hydrogen-bond acceptors (Lipinski definition) is 4. The van der Waals surface area contributed by atoms with Gasteiger partial charge in [0.25, 0.3) is 0 Å². The molecular formula is C8H9FINO2S. The highest BCUT2D eigenvalue weighted by molar-refractivity contribution is 14.1. The van der Waals surface area contributed by atoms with E-state index in [1.807, 2.05) is 22.6 Å². The van der Waals surface area contributed by atoms with Gasteiger partial charge < -0.3 is 10.2 Å². The Labute approximate surface area is 99.9 Å². The third kappa shape index (κ3) is 2.56. The van der Waals surface area contributed by atoms with Crippen molar-refractivity contribution >= 4 is 35.2 Å². The number of thiol groups is 1. The summed E-state index contributed by atoms with van der Waals surface area (Å²) in [6, 6.07) is 1.56. The minimum Gasteiger partial charge on any atom is -0.389 e. The van der Waals surface area contributed by atoms with E-state index in [9.17, 15) is 14.6 Å². The van der Waals surface area contributed by atoms with Gasteiger partial charge in [-0.1, -0.05) is 0 Å². The topological polar surface area (TPSA) is 53.4 Å². The van der Waals surface area contributed by atoms with E-state index in [0.29, 0.717) is 3.57 Å². The number of hydrogen-bond donors (Lipinski definition) is 3. The van der Waals surface area contributed by atoms with E-state index >= 15 is 0 Å². The summed E-state index contributed by atoms with van der Waals surface area (Å²) in [4.78, 5) is 3.41. The lowest BCUT2D eigenvalue weighted by Crippen LogP contribution is -2.22. The SMILES string of the molecule is OC(CS)C(O)c1c(I)ccnc1F. The van der Waals surface area contributed by atoms with Gasteiger partial charge in [-0.25, -0.2) is 4.98 Å². The van der Waals surface area contributed by atoms with Crippen LogP contribution in [0.3, 0.4) is 0 Å². The van der Waals surface area contributed by atoms with Crippen molar-refractivity contribution in [1.29, 1.82) is 0 Å². The second-order valence-electron chi connectivity index (χ2n) is 2.69. The van der Waals surface area contributed by atoms with Gasteiger partial charge in [-0.2, -0.15) is 17.0 Å². The summed E-state index contributed by atoms with van der Waals surface area (Å²) in [5.74, 6) is -0.698. The van der Waals surface area contributed by atoms with Crippen molar-refractivity contribution < 1.29 is 14.6 Å². The van der Waals surface area contributed by atoms with Crippen LogP contribution in [0.15, 0.2) is 12.3 Å². The lowest BCUT2D eigenvalue weighted by molar-refractivity contribution is 0.0304. The molecule has 0 saturated carbocycles. The van der Waals surface area contributed by atoms with Crippen molar-refractivity contribution in [3.05, 3.63) is 27.3 Å². The van der Waals surface area contributed by atoms with Crippen LogP contribution >= 0.6 is 35.2 Å². The van der Waals surface area contributed by atoms with E-state index in [0.717, 1.165) is 0 Å². The first-order valence-electron chi connectivity index (χ1n) is 3.84. The van der Waals surface area contributed by atoms with E-state index < -0.39 is 18.2 Å². The zero-order valence-corrected chi connectivity index (χ0v) is 10.1. The van der Waals surface area contributed by atoms with Crippen molar-refractivity contribution in [2.75, 3.05) is 5.75 Å². The van der Waals surface area contributed by atoms with E-state index in [2.05, 4.69) is 17.6 Å². The highest BCUT2D eigenvalue weighted by Crippen LogP contribution is 2.24. The van der Waals surface area contributed by atoms with Crippen LogP contribution in [-0.2, 0) is 0 Å². The molecule has 78 valence electrons. The molecule has 0 aliphatic carbocycles. The van der Waals surface area contributed by atoms with Crippen LogP contribution in [-0.4, -0.2) is 27.1 Å². The average Bonchev–Trinajstić information content (AvgIpc) is 2.16. The molecule has 0 amide bonds. The molecule has 0 aromatic carbocycles. The zero-order chi connectivity index (χ0) is 10.7. The summed E-state index contributed by atoms with van der Waals surface area (Å²) in [6.07, 6.45) is -1.07. The normalized spacial score (nSPS) is 15.2. The Bertz CT molecular complexity index is 306. The van der Waals surface area contributed by atoms with Gasteiger partial charge in [-0.05, 0) is 28.7 Å². The van der Waals surface area contributed by atoms with Gasteiger partial charge in [-0.3, -0.25) is 0 Å². The lowest BCUT2D eigenvalue weighted by atomic mass is 10.1. The molecule has 1 rings (SSSR count). The molecule has 2 unspecified atom stereocenters. The molecule has 1 aromatic heterocycles. The molecule has 6 heteroatoms. The summed E-state index contributed by atoms with van der Waals surface area (Å²) >= 11 is 5.69. The van der Waals surface area contributed by atoms with Gasteiger partial charge in [0.2, 0.25) is 5.95 Å². The predicted molar refractivity (Wildman–Crippen MR) is 61.7 cm³/mol. The maximum Gasteiger partial charge on any atom is 0.219 e. The summed E-state index contributed by atoms with van der Waals surface area (Å²) in [5.41, 5.74) is 0.0228. The minimum absolute atomic E-state index is 0.0228. The Morgan fingerprint density at radius 2 is 2.21 bits per heavy atom. The number of aliphatic hydroxyl groups excluding tert-OH is 2. The Balaban J connectivity index is 3.05. The second-order valence-corrected chi connectivity index (χ2v) is 4.22. The third-order valence-electron chi connectivity index (χ3n) is 1.74. The monoisotopic (exact) mass is 329 g/mol. The molecule has 0 fully saturated rings. The van der Waals surface area contributed by atoms with Crippen LogP contribution in [0.25, 0.3) is 0 Å². The quantitative estimate of drug-likeness (QED) is 0.443. The van der Waals surface area contributed by atoms with Gasteiger partial charge in [0.15, 0.2) is 0 Å². The molecule has 0 spiro atoms. The maximum absolute atomic E-state index is 13.2.